The number of hydrogen-bond donors (Lipinski definition) is 0. The SMILES string of the molecule is [C]#CC(C)c1ncc2ccccc2n1. The van der Waals surface area contributed by atoms with Crippen LogP contribution in [0.4, 0.5) is 0 Å². The second-order valence-corrected chi connectivity index (χ2v) is 3.15. The Kier molecular flexibility index (Phi) is 2.16. The zero-order valence-electron chi connectivity index (χ0n) is 7.86. The van der Waals surface area contributed by atoms with Crippen LogP contribution in [0.1, 0.15) is 18.7 Å². The molecule has 1 heterocycles. The summed E-state index contributed by atoms with van der Waals surface area (Å²) in [5, 5.41) is 1.02. The summed E-state index contributed by atoms with van der Waals surface area (Å²) in [6.07, 6.45) is 8.81. The van der Waals surface area contributed by atoms with Crippen LogP contribution < -0.4 is 0 Å². The molecule has 2 aromatic rings. The maximum Gasteiger partial charge on any atom is 0.143 e. The van der Waals surface area contributed by atoms with Crippen LogP contribution in [0.2, 0.25) is 0 Å². The highest BCUT2D eigenvalue weighted by molar-refractivity contribution is 5.77. The van der Waals surface area contributed by atoms with E-state index < -0.39 is 0 Å². The van der Waals surface area contributed by atoms with E-state index in [1.807, 2.05) is 31.2 Å². The Labute approximate surface area is 83.0 Å². The minimum absolute atomic E-state index is 0.139. The Balaban J connectivity index is 2.58. The molecule has 2 nitrogen and oxygen atoms in total. The fourth-order valence-electron chi connectivity index (χ4n) is 1.26. The highest BCUT2D eigenvalue weighted by atomic mass is 14.9. The van der Waals surface area contributed by atoms with Gasteiger partial charge in [-0.3, -0.25) is 0 Å². The number of nitrogens with zero attached hydrogens (tertiary/aromatic N) is 2. The Morgan fingerprint density at radius 1 is 1.36 bits per heavy atom. The number of benzene rings is 1. The van der Waals surface area contributed by atoms with Gasteiger partial charge in [-0.05, 0) is 19.4 Å². The smallest absolute Gasteiger partial charge is 0.143 e. The molecule has 0 N–H and O–H groups in total. The van der Waals surface area contributed by atoms with Crippen molar-refractivity contribution in [3.8, 4) is 5.92 Å². The molecule has 1 aromatic heterocycles. The lowest BCUT2D eigenvalue weighted by molar-refractivity contribution is 0.878. The van der Waals surface area contributed by atoms with Crippen LogP contribution in [0, 0.1) is 12.3 Å². The fourth-order valence-corrected chi connectivity index (χ4v) is 1.26. The van der Waals surface area contributed by atoms with Crippen molar-refractivity contribution < 1.29 is 0 Å². The predicted molar refractivity (Wildman–Crippen MR) is 55.1 cm³/mol. The maximum atomic E-state index is 7.02. The van der Waals surface area contributed by atoms with Gasteiger partial charge in [-0.1, -0.05) is 24.1 Å². The topological polar surface area (TPSA) is 25.8 Å². The summed E-state index contributed by atoms with van der Waals surface area (Å²) < 4.78 is 0. The van der Waals surface area contributed by atoms with E-state index in [1.165, 1.54) is 0 Å². The van der Waals surface area contributed by atoms with E-state index >= 15 is 0 Å². The summed E-state index contributed by atoms with van der Waals surface area (Å²) in [6.45, 7) is 1.86. The first-order valence-corrected chi connectivity index (χ1v) is 4.45. The molecule has 67 valence electrons. The summed E-state index contributed by atoms with van der Waals surface area (Å²) in [7, 11) is 0. The molecule has 1 atom stereocenters. The van der Waals surface area contributed by atoms with E-state index in [9.17, 15) is 0 Å². The van der Waals surface area contributed by atoms with Crippen molar-refractivity contribution in [3.05, 3.63) is 42.7 Å². The Morgan fingerprint density at radius 2 is 2.14 bits per heavy atom. The quantitative estimate of drug-likeness (QED) is 0.631. The molecule has 0 bridgehead atoms. The van der Waals surface area contributed by atoms with Gasteiger partial charge >= 0.3 is 0 Å². The first kappa shape index (κ1) is 8.71. The average Bonchev–Trinajstić information content (AvgIpc) is 2.27. The molecule has 1 unspecified atom stereocenters. The van der Waals surface area contributed by atoms with Crippen LogP contribution in [-0.2, 0) is 0 Å². The van der Waals surface area contributed by atoms with Crippen molar-refractivity contribution in [1.82, 2.24) is 9.97 Å². The molecule has 0 aliphatic heterocycles. The zero-order valence-corrected chi connectivity index (χ0v) is 7.86. The standard InChI is InChI=1S/C12H9N2/c1-3-9(2)12-13-8-10-6-4-5-7-11(10)14-12/h4-9H,2H3. The molecule has 0 spiro atoms. The van der Waals surface area contributed by atoms with Crippen LogP contribution >= 0.6 is 0 Å². The number of para-hydroxylation sites is 1. The molecule has 0 saturated heterocycles. The molecule has 0 amide bonds. The molecular weight excluding hydrogens is 172 g/mol. The molecule has 14 heavy (non-hydrogen) atoms. The third kappa shape index (κ3) is 1.45. The van der Waals surface area contributed by atoms with Crippen molar-refractivity contribution in [2.24, 2.45) is 0 Å². The van der Waals surface area contributed by atoms with Gasteiger partial charge in [0.05, 0.1) is 11.4 Å². The molecule has 0 fully saturated rings. The number of hydrogen-bond acceptors (Lipinski definition) is 2. The zero-order chi connectivity index (χ0) is 9.97. The molecule has 2 rings (SSSR count). The molecule has 0 aliphatic carbocycles. The van der Waals surface area contributed by atoms with Gasteiger partial charge in [-0.2, -0.15) is 0 Å². The highest BCUT2D eigenvalue weighted by Crippen LogP contribution is 2.14. The second-order valence-electron chi connectivity index (χ2n) is 3.15. The summed E-state index contributed by atoms with van der Waals surface area (Å²) >= 11 is 0. The summed E-state index contributed by atoms with van der Waals surface area (Å²) in [6, 6.07) is 7.81. The molecule has 0 aliphatic rings. The number of aromatic nitrogens is 2. The lowest BCUT2D eigenvalue weighted by Crippen LogP contribution is -1.98. The minimum Gasteiger partial charge on any atom is -0.239 e. The normalized spacial score (nSPS) is 12.3. The lowest BCUT2D eigenvalue weighted by Gasteiger charge is -2.03. The van der Waals surface area contributed by atoms with Gasteiger partial charge in [0, 0.05) is 11.6 Å². The van der Waals surface area contributed by atoms with Crippen molar-refractivity contribution in [2.45, 2.75) is 12.8 Å². The van der Waals surface area contributed by atoms with E-state index in [2.05, 4.69) is 15.9 Å². The van der Waals surface area contributed by atoms with Gasteiger partial charge in [0.25, 0.3) is 0 Å². The molecule has 1 radical (unpaired) electrons. The summed E-state index contributed by atoms with van der Waals surface area (Å²) in [4.78, 5) is 8.54. The van der Waals surface area contributed by atoms with Crippen molar-refractivity contribution >= 4 is 10.9 Å². The average molecular weight is 181 g/mol. The maximum absolute atomic E-state index is 7.02. The van der Waals surface area contributed by atoms with Crippen LogP contribution in [0.3, 0.4) is 0 Å². The molecule has 0 saturated carbocycles. The van der Waals surface area contributed by atoms with Crippen molar-refractivity contribution in [1.29, 1.82) is 0 Å². The lowest BCUT2D eigenvalue weighted by atomic mass is 10.1. The van der Waals surface area contributed by atoms with Gasteiger partial charge in [-0.25, -0.2) is 9.97 Å². The van der Waals surface area contributed by atoms with E-state index in [-0.39, 0.29) is 5.92 Å². The van der Waals surface area contributed by atoms with Gasteiger partial charge < -0.3 is 0 Å². The second kappa shape index (κ2) is 3.47. The van der Waals surface area contributed by atoms with E-state index in [1.54, 1.807) is 6.20 Å². The van der Waals surface area contributed by atoms with Crippen molar-refractivity contribution in [2.75, 3.05) is 0 Å². The Morgan fingerprint density at radius 3 is 2.93 bits per heavy atom. The van der Waals surface area contributed by atoms with Gasteiger partial charge in [0.15, 0.2) is 0 Å². The fraction of sp³-hybridized carbons (Fsp3) is 0.167. The van der Waals surface area contributed by atoms with Gasteiger partial charge in [0.1, 0.15) is 5.82 Å². The minimum atomic E-state index is -0.139. The van der Waals surface area contributed by atoms with Crippen LogP contribution in [0.25, 0.3) is 10.9 Å². The number of fused-ring (bicyclic) bond motifs is 1. The Hall–Kier alpha value is -1.88. The molecular formula is C12H9N2. The number of rotatable bonds is 1. The Bertz CT molecular complexity index is 497. The van der Waals surface area contributed by atoms with Gasteiger partial charge in [-0.15, -0.1) is 0 Å². The van der Waals surface area contributed by atoms with Crippen LogP contribution in [0.5, 0.6) is 0 Å². The molecule has 2 heteroatoms. The van der Waals surface area contributed by atoms with E-state index in [0.717, 1.165) is 10.9 Å². The van der Waals surface area contributed by atoms with E-state index in [4.69, 9.17) is 6.42 Å². The van der Waals surface area contributed by atoms with Crippen molar-refractivity contribution in [3.63, 3.8) is 0 Å². The largest absolute Gasteiger partial charge is 0.239 e. The monoisotopic (exact) mass is 181 g/mol. The molecule has 1 aromatic carbocycles. The third-order valence-corrected chi connectivity index (χ3v) is 2.11. The summed E-state index contributed by atoms with van der Waals surface area (Å²) in [5.41, 5.74) is 0.916. The third-order valence-electron chi connectivity index (χ3n) is 2.11. The predicted octanol–water partition coefficient (Wildman–Crippen LogP) is 2.32. The van der Waals surface area contributed by atoms with Crippen LogP contribution in [-0.4, -0.2) is 9.97 Å². The first-order chi connectivity index (χ1) is 6.81. The first-order valence-electron chi connectivity index (χ1n) is 4.45. The summed E-state index contributed by atoms with van der Waals surface area (Å²) in [5.74, 6) is 2.88. The highest BCUT2D eigenvalue weighted by Gasteiger charge is 2.05. The van der Waals surface area contributed by atoms with Crippen LogP contribution in [0.15, 0.2) is 30.5 Å². The van der Waals surface area contributed by atoms with Gasteiger partial charge in [0.2, 0.25) is 0 Å². The van der Waals surface area contributed by atoms with E-state index in [0.29, 0.717) is 5.82 Å².